The van der Waals surface area contributed by atoms with Gasteiger partial charge in [0.25, 0.3) is 0 Å². The van der Waals surface area contributed by atoms with Crippen LogP contribution in [0.5, 0.6) is 0 Å². The van der Waals surface area contributed by atoms with Crippen molar-refractivity contribution in [3.05, 3.63) is 18.0 Å². The number of morpholine rings is 1. The second kappa shape index (κ2) is 5.95. The molecule has 0 bridgehead atoms. The van der Waals surface area contributed by atoms with Gasteiger partial charge in [0.05, 0.1) is 24.8 Å². The molecule has 0 aliphatic carbocycles. The molecule has 114 valence electrons. The SMILES string of the molecule is CN1CC(C(=O)O)C(c2ccnc(N3CCOCC3)n2)C1. The molecule has 2 unspecified atom stereocenters. The Hall–Kier alpha value is -1.73. The van der Waals surface area contributed by atoms with Crippen LogP contribution in [-0.2, 0) is 9.53 Å². The molecule has 0 amide bonds. The van der Waals surface area contributed by atoms with E-state index in [1.54, 1.807) is 6.20 Å². The first-order valence-corrected chi connectivity index (χ1v) is 7.22. The lowest BCUT2D eigenvalue weighted by Crippen LogP contribution is -2.37. The number of aliphatic carboxylic acids is 1. The van der Waals surface area contributed by atoms with Crippen molar-refractivity contribution < 1.29 is 14.6 Å². The van der Waals surface area contributed by atoms with Gasteiger partial charge in [0.1, 0.15) is 0 Å². The van der Waals surface area contributed by atoms with Crippen LogP contribution in [0.25, 0.3) is 0 Å². The molecule has 1 aromatic rings. The number of anilines is 1. The van der Waals surface area contributed by atoms with Crippen molar-refractivity contribution in [2.75, 3.05) is 51.3 Å². The fraction of sp³-hybridized carbons (Fsp3) is 0.643. The number of hydrogen-bond donors (Lipinski definition) is 1. The van der Waals surface area contributed by atoms with Crippen LogP contribution in [0, 0.1) is 5.92 Å². The van der Waals surface area contributed by atoms with E-state index >= 15 is 0 Å². The minimum atomic E-state index is -0.754. The first-order chi connectivity index (χ1) is 10.1. The lowest BCUT2D eigenvalue weighted by molar-refractivity contribution is -0.141. The molecule has 0 spiro atoms. The number of carboxylic acids is 1. The van der Waals surface area contributed by atoms with E-state index in [1.165, 1.54) is 0 Å². The zero-order chi connectivity index (χ0) is 14.8. The predicted molar refractivity (Wildman–Crippen MR) is 76.4 cm³/mol. The van der Waals surface area contributed by atoms with E-state index in [1.807, 2.05) is 18.0 Å². The third-order valence-corrected chi connectivity index (χ3v) is 4.16. The summed E-state index contributed by atoms with van der Waals surface area (Å²) in [6.07, 6.45) is 1.73. The number of carbonyl (C=O) groups is 1. The third kappa shape index (κ3) is 2.98. The highest BCUT2D eigenvalue weighted by molar-refractivity contribution is 5.72. The molecule has 0 aromatic carbocycles. The summed E-state index contributed by atoms with van der Waals surface area (Å²) in [7, 11) is 1.94. The monoisotopic (exact) mass is 292 g/mol. The fourth-order valence-electron chi connectivity index (χ4n) is 3.03. The molecule has 2 saturated heterocycles. The van der Waals surface area contributed by atoms with Gasteiger partial charge in [-0.1, -0.05) is 0 Å². The minimum absolute atomic E-state index is 0.0738. The number of likely N-dealkylation sites (tertiary alicyclic amines) is 1. The van der Waals surface area contributed by atoms with Gasteiger partial charge in [-0.3, -0.25) is 4.79 Å². The molecule has 3 heterocycles. The molecule has 0 radical (unpaired) electrons. The topological polar surface area (TPSA) is 78.8 Å². The Morgan fingerprint density at radius 1 is 1.38 bits per heavy atom. The molecule has 7 nitrogen and oxygen atoms in total. The van der Waals surface area contributed by atoms with Crippen molar-refractivity contribution in [3.8, 4) is 0 Å². The van der Waals surface area contributed by atoms with Gasteiger partial charge >= 0.3 is 5.97 Å². The largest absolute Gasteiger partial charge is 0.481 e. The Labute approximate surface area is 123 Å². The van der Waals surface area contributed by atoms with Crippen molar-refractivity contribution >= 4 is 11.9 Å². The highest BCUT2D eigenvalue weighted by Crippen LogP contribution is 2.31. The van der Waals surface area contributed by atoms with Crippen molar-refractivity contribution in [2.24, 2.45) is 5.92 Å². The van der Waals surface area contributed by atoms with Gasteiger partial charge in [-0.25, -0.2) is 9.97 Å². The molecular formula is C14H20N4O3. The first-order valence-electron chi connectivity index (χ1n) is 7.22. The molecular weight excluding hydrogens is 272 g/mol. The molecule has 21 heavy (non-hydrogen) atoms. The van der Waals surface area contributed by atoms with Crippen LogP contribution in [0.15, 0.2) is 12.3 Å². The van der Waals surface area contributed by atoms with Gasteiger partial charge in [0.2, 0.25) is 5.95 Å². The molecule has 7 heteroatoms. The summed E-state index contributed by atoms with van der Waals surface area (Å²) >= 11 is 0. The maximum absolute atomic E-state index is 11.4. The standard InChI is InChI=1S/C14H20N4O3/c1-17-8-10(11(9-17)13(19)20)12-2-3-15-14(16-12)18-4-6-21-7-5-18/h2-3,10-11H,4-9H2,1H3,(H,19,20). The Balaban J connectivity index is 1.83. The lowest BCUT2D eigenvalue weighted by Gasteiger charge is -2.27. The summed E-state index contributed by atoms with van der Waals surface area (Å²) in [6, 6.07) is 1.84. The highest BCUT2D eigenvalue weighted by atomic mass is 16.5. The van der Waals surface area contributed by atoms with E-state index in [4.69, 9.17) is 4.74 Å². The summed E-state index contributed by atoms with van der Waals surface area (Å²) in [5, 5.41) is 9.38. The van der Waals surface area contributed by atoms with E-state index in [9.17, 15) is 9.90 Å². The van der Waals surface area contributed by atoms with E-state index in [0.717, 1.165) is 25.3 Å². The zero-order valence-corrected chi connectivity index (χ0v) is 12.1. The maximum atomic E-state index is 11.4. The third-order valence-electron chi connectivity index (χ3n) is 4.16. The van der Waals surface area contributed by atoms with E-state index < -0.39 is 11.9 Å². The summed E-state index contributed by atoms with van der Waals surface area (Å²) in [6.45, 7) is 4.19. The number of rotatable bonds is 3. The normalized spacial score (nSPS) is 27.0. The van der Waals surface area contributed by atoms with Crippen molar-refractivity contribution in [2.45, 2.75) is 5.92 Å². The van der Waals surface area contributed by atoms with E-state index in [0.29, 0.717) is 25.7 Å². The van der Waals surface area contributed by atoms with Crippen LogP contribution in [-0.4, -0.2) is 72.4 Å². The van der Waals surface area contributed by atoms with Crippen LogP contribution < -0.4 is 4.90 Å². The lowest BCUT2D eigenvalue weighted by atomic mass is 9.93. The number of nitrogens with zero attached hydrogens (tertiary/aromatic N) is 4. The smallest absolute Gasteiger partial charge is 0.308 e. The summed E-state index contributed by atoms with van der Waals surface area (Å²) in [5.74, 6) is -0.553. The predicted octanol–water partition coefficient (Wildman–Crippen LogP) is 0.0430. The molecule has 2 aliphatic heterocycles. The molecule has 3 rings (SSSR count). The molecule has 2 fully saturated rings. The molecule has 0 saturated carbocycles. The number of aromatic nitrogens is 2. The van der Waals surface area contributed by atoms with Gasteiger partial charge in [0.15, 0.2) is 0 Å². The molecule has 1 N–H and O–H groups in total. The van der Waals surface area contributed by atoms with Gasteiger partial charge in [0, 0.05) is 38.3 Å². The van der Waals surface area contributed by atoms with E-state index in [2.05, 4.69) is 14.9 Å². The second-order valence-electron chi connectivity index (χ2n) is 5.65. The summed E-state index contributed by atoms with van der Waals surface area (Å²) in [4.78, 5) is 24.5. The number of likely N-dealkylation sites (N-methyl/N-ethyl adjacent to an activating group) is 1. The van der Waals surface area contributed by atoms with Crippen molar-refractivity contribution in [1.29, 1.82) is 0 Å². The van der Waals surface area contributed by atoms with Crippen LogP contribution in [0.4, 0.5) is 5.95 Å². The number of ether oxygens (including phenoxy) is 1. The Bertz CT molecular complexity index is 519. The summed E-state index contributed by atoms with van der Waals surface area (Å²) < 4.78 is 5.33. The molecule has 2 aliphatic rings. The average Bonchev–Trinajstić information content (AvgIpc) is 2.91. The number of carboxylic acid groups (broad SMARTS) is 1. The molecule has 2 atom stereocenters. The Morgan fingerprint density at radius 2 is 2.14 bits per heavy atom. The number of hydrogen-bond acceptors (Lipinski definition) is 6. The fourth-order valence-corrected chi connectivity index (χ4v) is 3.03. The highest BCUT2D eigenvalue weighted by Gasteiger charge is 2.38. The van der Waals surface area contributed by atoms with Gasteiger partial charge < -0.3 is 19.6 Å². The quantitative estimate of drug-likeness (QED) is 0.843. The van der Waals surface area contributed by atoms with Crippen LogP contribution in [0.3, 0.4) is 0 Å². The summed E-state index contributed by atoms with van der Waals surface area (Å²) in [5.41, 5.74) is 0.822. The average molecular weight is 292 g/mol. The van der Waals surface area contributed by atoms with Gasteiger partial charge in [-0.2, -0.15) is 0 Å². The molecule has 1 aromatic heterocycles. The zero-order valence-electron chi connectivity index (χ0n) is 12.1. The minimum Gasteiger partial charge on any atom is -0.481 e. The van der Waals surface area contributed by atoms with Crippen LogP contribution in [0.2, 0.25) is 0 Å². The Morgan fingerprint density at radius 3 is 2.86 bits per heavy atom. The van der Waals surface area contributed by atoms with Crippen LogP contribution >= 0.6 is 0 Å². The van der Waals surface area contributed by atoms with Gasteiger partial charge in [-0.05, 0) is 13.1 Å². The maximum Gasteiger partial charge on any atom is 0.308 e. The van der Waals surface area contributed by atoms with Crippen molar-refractivity contribution in [3.63, 3.8) is 0 Å². The van der Waals surface area contributed by atoms with Crippen molar-refractivity contribution in [1.82, 2.24) is 14.9 Å². The van der Waals surface area contributed by atoms with Gasteiger partial charge in [-0.15, -0.1) is 0 Å². The first kappa shape index (κ1) is 14.2. The second-order valence-corrected chi connectivity index (χ2v) is 5.65. The van der Waals surface area contributed by atoms with Crippen LogP contribution in [0.1, 0.15) is 11.6 Å². The Kier molecular flexibility index (Phi) is 4.03. The van der Waals surface area contributed by atoms with E-state index in [-0.39, 0.29) is 5.92 Å².